The van der Waals surface area contributed by atoms with Crippen molar-refractivity contribution in [2.24, 2.45) is 0 Å². The van der Waals surface area contributed by atoms with Crippen LogP contribution in [-0.4, -0.2) is 8.42 Å². The van der Waals surface area contributed by atoms with E-state index in [0.717, 1.165) is 14.7 Å². The molecule has 4 aromatic rings. The van der Waals surface area contributed by atoms with Crippen LogP contribution in [0.5, 0.6) is 0 Å². The summed E-state index contributed by atoms with van der Waals surface area (Å²) in [6, 6.07) is 33.3. The second kappa shape index (κ2) is 11.1. The second-order valence-corrected chi connectivity index (χ2v) is 18.2. The normalized spacial score (nSPS) is 13.7. The first-order valence-corrected chi connectivity index (χ1v) is 17.1. The van der Waals surface area contributed by atoms with Crippen LogP contribution in [0.25, 0.3) is 0 Å². The zero-order chi connectivity index (χ0) is 30.3. The molecular weight excluding hydrogens is 545 g/mol. The molecule has 0 bridgehead atoms. The van der Waals surface area contributed by atoms with Gasteiger partial charge in [-0.2, -0.15) is 8.42 Å². The molecule has 0 saturated carbocycles. The van der Waals surface area contributed by atoms with Gasteiger partial charge in [0.1, 0.15) is 0 Å². The Labute approximate surface area is 249 Å². The summed E-state index contributed by atoms with van der Waals surface area (Å²) in [4.78, 5) is 2.63. The first kappa shape index (κ1) is 31.1. The first-order chi connectivity index (χ1) is 18.9. The van der Waals surface area contributed by atoms with Crippen LogP contribution in [-0.2, 0) is 30.0 Å². The Morgan fingerprint density at radius 2 is 0.707 bits per heavy atom. The number of rotatable bonds is 6. The fourth-order valence-electron chi connectivity index (χ4n) is 4.73. The second-order valence-electron chi connectivity index (χ2n) is 13.7. The molecule has 0 saturated heterocycles. The minimum Gasteiger partial charge on any atom is -0.203 e. The van der Waals surface area contributed by atoms with E-state index in [2.05, 4.69) is 98.7 Å². The van der Waals surface area contributed by atoms with E-state index >= 15 is 0 Å². The largest absolute Gasteiger partial charge is 0.307 e. The van der Waals surface area contributed by atoms with Gasteiger partial charge in [0, 0.05) is 14.7 Å². The van der Waals surface area contributed by atoms with Gasteiger partial charge in [0.2, 0.25) is 0 Å². The van der Waals surface area contributed by atoms with E-state index in [1.54, 1.807) is 30.3 Å². The topological polar surface area (TPSA) is 43.4 Å². The Morgan fingerprint density at radius 1 is 0.415 bits per heavy atom. The third kappa shape index (κ3) is 6.63. The van der Waals surface area contributed by atoms with Crippen molar-refractivity contribution >= 4 is 20.4 Å². The van der Waals surface area contributed by atoms with Crippen molar-refractivity contribution in [3.8, 4) is 0 Å². The van der Waals surface area contributed by atoms with Crippen molar-refractivity contribution in [1.29, 1.82) is 0 Å². The van der Waals surface area contributed by atoms with E-state index in [0.29, 0.717) is 0 Å². The molecule has 0 aliphatic rings. The molecule has 0 fully saturated rings. The predicted octanol–water partition coefficient (Wildman–Crippen LogP) is 10.2. The number of hydrogen-bond acceptors (Lipinski definition) is 3. The maximum absolute atomic E-state index is 14.0. The van der Waals surface area contributed by atoms with E-state index in [9.17, 15) is 8.42 Å². The lowest BCUT2D eigenvalue weighted by molar-refractivity contribution is 0.508. The Balaban J connectivity index is 2.05. The lowest BCUT2D eigenvalue weighted by Gasteiger charge is -2.40. The van der Waals surface area contributed by atoms with Crippen LogP contribution in [0.4, 0.5) is 0 Å². The molecule has 5 heteroatoms. The van der Waals surface area contributed by atoms with Crippen LogP contribution >= 0.6 is 10.3 Å². The van der Waals surface area contributed by atoms with Crippen molar-refractivity contribution < 1.29 is 12.0 Å². The van der Waals surface area contributed by atoms with Crippen molar-refractivity contribution in [3.63, 3.8) is 0 Å². The molecule has 4 aromatic carbocycles. The Morgan fingerprint density at radius 3 is 0.976 bits per heavy atom. The molecule has 3 nitrogen and oxygen atoms in total. The molecule has 4 rings (SSSR count). The summed E-state index contributed by atoms with van der Waals surface area (Å²) in [5, 5.41) is 0. The van der Waals surface area contributed by atoms with Gasteiger partial charge in [0.15, 0.2) is 0 Å². The van der Waals surface area contributed by atoms with Crippen LogP contribution in [0.1, 0.15) is 79.0 Å². The maximum Gasteiger partial charge on any atom is 0.307 e. The highest BCUT2D eigenvalue weighted by atomic mass is 32.3. The van der Waals surface area contributed by atoms with Gasteiger partial charge >= 0.3 is 10.1 Å². The standard InChI is InChI=1S/C36H44O3S2/c1-34(2,3)27-15-21-30(22-16-27)40(31-23-17-28(18-24-31)35(4,5)6,32-25-19-29(20-26-32)36(7,8)9)39-41(37,38)33-13-11-10-12-14-33/h10-26H,1-9H3. The highest BCUT2D eigenvalue weighted by Crippen LogP contribution is 2.70. The smallest absolute Gasteiger partial charge is 0.203 e. The molecule has 0 aliphatic carbocycles. The Bertz CT molecular complexity index is 1430. The van der Waals surface area contributed by atoms with Gasteiger partial charge in [-0.25, -0.2) is 3.63 Å². The van der Waals surface area contributed by atoms with Gasteiger partial charge in [0.25, 0.3) is 0 Å². The van der Waals surface area contributed by atoms with E-state index < -0.39 is 20.4 Å². The van der Waals surface area contributed by atoms with Gasteiger partial charge in [-0.15, -0.1) is 0 Å². The molecule has 0 aliphatic heterocycles. The van der Waals surface area contributed by atoms with Gasteiger partial charge in [-0.1, -0.05) is 117 Å². The average Bonchev–Trinajstić information content (AvgIpc) is 2.91. The Hall–Kier alpha value is -2.86. The number of hydrogen-bond donors (Lipinski definition) is 0. The summed E-state index contributed by atoms with van der Waals surface area (Å²) in [5.41, 5.74) is 3.38. The quantitative estimate of drug-likeness (QED) is 0.225. The summed E-state index contributed by atoms with van der Waals surface area (Å²) in [6.45, 7) is 19.6. The molecular formula is C36H44O3S2. The van der Waals surface area contributed by atoms with Crippen molar-refractivity contribution in [2.45, 2.75) is 98.1 Å². The van der Waals surface area contributed by atoms with Gasteiger partial charge in [-0.05, 0) is 91.8 Å². The maximum atomic E-state index is 14.0. The lowest BCUT2D eigenvalue weighted by atomic mass is 9.87. The molecule has 218 valence electrons. The van der Waals surface area contributed by atoms with E-state index in [4.69, 9.17) is 3.63 Å². The highest BCUT2D eigenvalue weighted by Gasteiger charge is 2.39. The summed E-state index contributed by atoms with van der Waals surface area (Å²) in [6.07, 6.45) is 0. The van der Waals surface area contributed by atoms with Crippen LogP contribution in [0.3, 0.4) is 0 Å². The molecule has 41 heavy (non-hydrogen) atoms. The minimum absolute atomic E-state index is 0.0454. The Kier molecular flexibility index (Phi) is 8.41. The van der Waals surface area contributed by atoms with Gasteiger partial charge < -0.3 is 0 Å². The monoisotopic (exact) mass is 588 g/mol. The van der Waals surface area contributed by atoms with E-state index in [1.807, 2.05) is 36.4 Å². The third-order valence-electron chi connectivity index (χ3n) is 7.38. The molecule has 0 spiro atoms. The fourth-order valence-corrected chi connectivity index (χ4v) is 9.92. The molecule has 0 amide bonds. The van der Waals surface area contributed by atoms with Gasteiger partial charge in [0.05, 0.1) is 4.90 Å². The highest BCUT2D eigenvalue weighted by molar-refractivity contribution is 8.33. The molecule has 0 radical (unpaired) electrons. The first-order valence-electron chi connectivity index (χ1n) is 14.1. The molecule has 0 atom stereocenters. The zero-order valence-corrected chi connectivity index (χ0v) is 27.5. The van der Waals surface area contributed by atoms with Crippen molar-refractivity contribution in [2.75, 3.05) is 0 Å². The minimum atomic E-state index is -4.14. The predicted molar refractivity (Wildman–Crippen MR) is 173 cm³/mol. The van der Waals surface area contributed by atoms with Crippen molar-refractivity contribution in [3.05, 3.63) is 120 Å². The van der Waals surface area contributed by atoms with Crippen LogP contribution < -0.4 is 0 Å². The molecule has 0 heterocycles. The van der Waals surface area contributed by atoms with E-state index in [1.165, 1.54) is 16.7 Å². The summed E-state index contributed by atoms with van der Waals surface area (Å²) in [5.74, 6) is 0. The lowest BCUT2D eigenvalue weighted by Crippen LogP contribution is -2.17. The fraction of sp³-hybridized carbons (Fsp3) is 0.333. The number of benzene rings is 4. The van der Waals surface area contributed by atoms with Crippen molar-refractivity contribution in [1.82, 2.24) is 0 Å². The van der Waals surface area contributed by atoms with Crippen LogP contribution in [0, 0.1) is 0 Å². The molecule has 0 aromatic heterocycles. The van der Waals surface area contributed by atoms with Crippen LogP contribution in [0.15, 0.2) is 123 Å². The van der Waals surface area contributed by atoms with E-state index in [-0.39, 0.29) is 21.1 Å². The molecule has 0 unspecified atom stereocenters. The van der Waals surface area contributed by atoms with Crippen LogP contribution in [0.2, 0.25) is 0 Å². The summed E-state index contributed by atoms with van der Waals surface area (Å²) >= 11 is 0. The summed E-state index contributed by atoms with van der Waals surface area (Å²) in [7, 11) is -6.85. The molecule has 0 N–H and O–H groups in total. The average molecular weight is 589 g/mol. The summed E-state index contributed by atoms with van der Waals surface area (Å²) < 4.78 is 34.7. The third-order valence-corrected chi connectivity index (χ3v) is 12.6. The SMILES string of the molecule is CC(C)(C)c1ccc(S(OS(=O)(=O)c2ccccc2)(c2ccc(C(C)(C)C)cc2)c2ccc(C(C)(C)C)cc2)cc1. The zero-order valence-electron chi connectivity index (χ0n) is 25.9. The van der Waals surface area contributed by atoms with Gasteiger partial charge in [-0.3, -0.25) is 0 Å².